The van der Waals surface area contributed by atoms with E-state index in [9.17, 15) is 30.8 Å². The molecule has 1 aromatic heterocycles. The van der Waals surface area contributed by atoms with E-state index in [1.54, 1.807) is 0 Å². The lowest BCUT2D eigenvalue weighted by atomic mass is 10.1. The summed E-state index contributed by atoms with van der Waals surface area (Å²) in [5, 5.41) is 6.74. The van der Waals surface area contributed by atoms with Crippen LogP contribution in [0.1, 0.15) is 22.3 Å². The standard InChI is InChI=1S/C17H10F4N2O4S/c18-8-5-11-10(7-22-23-11)14(6-8)27-13-3-4-15(28(25,26)17(19,20)21)16-9(13)1-2-12(16)24/h3-7H,1-2H2,(H,22,23). The van der Waals surface area contributed by atoms with Crippen molar-refractivity contribution in [2.45, 2.75) is 23.2 Å². The molecule has 0 atom stereocenters. The fraction of sp³-hybridized carbons (Fsp3) is 0.176. The number of hydrogen-bond donors (Lipinski definition) is 1. The molecule has 0 radical (unpaired) electrons. The minimum atomic E-state index is -5.71. The quantitative estimate of drug-likeness (QED) is 0.657. The third kappa shape index (κ3) is 2.73. The molecule has 0 aliphatic heterocycles. The summed E-state index contributed by atoms with van der Waals surface area (Å²) >= 11 is 0. The van der Waals surface area contributed by atoms with Gasteiger partial charge in [0.1, 0.15) is 17.3 Å². The second-order valence-electron chi connectivity index (χ2n) is 6.12. The molecular formula is C17H10F4N2O4S. The van der Waals surface area contributed by atoms with Crippen molar-refractivity contribution in [1.29, 1.82) is 0 Å². The van der Waals surface area contributed by atoms with Crippen molar-refractivity contribution in [2.75, 3.05) is 0 Å². The van der Waals surface area contributed by atoms with E-state index < -0.39 is 37.4 Å². The maximum Gasteiger partial charge on any atom is 0.501 e. The van der Waals surface area contributed by atoms with Gasteiger partial charge in [0.25, 0.3) is 9.84 Å². The second-order valence-corrected chi connectivity index (χ2v) is 8.03. The molecule has 1 N–H and O–H groups in total. The predicted octanol–water partition coefficient (Wildman–Crippen LogP) is 3.92. The van der Waals surface area contributed by atoms with Crippen LogP contribution in [0.4, 0.5) is 17.6 Å². The zero-order valence-electron chi connectivity index (χ0n) is 13.8. The summed E-state index contributed by atoms with van der Waals surface area (Å²) in [5.74, 6) is -1.36. The van der Waals surface area contributed by atoms with Crippen LogP contribution in [0.2, 0.25) is 0 Å². The highest BCUT2D eigenvalue weighted by Crippen LogP contribution is 2.42. The van der Waals surface area contributed by atoms with E-state index in [4.69, 9.17) is 4.74 Å². The first-order valence-electron chi connectivity index (χ1n) is 7.90. The number of halogens is 4. The van der Waals surface area contributed by atoms with Crippen molar-refractivity contribution in [3.63, 3.8) is 0 Å². The van der Waals surface area contributed by atoms with Crippen LogP contribution in [-0.4, -0.2) is 29.9 Å². The summed E-state index contributed by atoms with van der Waals surface area (Å²) in [6.07, 6.45) is 1.23. The summed E-state index contributed by atoms with van der Waals surface area (Å²) in [7, 11) is -5.71. The molecule has 1 aliphatic rings. The van der Waals surface area contributed by atoms with Gasteiger partial charge in [0.2, 0.25) is 0 Å². The highest BCUT2D eigenvalue weighted by molar-refractivity contribution is 7.92. The van der Waals surface area contributed by atoms with Crippen molar-refractivity contribution in [2.24, 2.45) is 0 Å². The van der Waals surface area contributed by atoms with E-state index in [0.29, 0.717) is 17.0 Å². The van der Waals surface area contributed by atoms with Crippen LogP contribution in [-0.2, 0) is 16.3 Å². The van der Waals surface area contributed by atoms with Crippen molar-refractivity contribution >= 4 is 26.5 Å². The first kappa shape index (κ1) is 18.4. The van der Waals surface area contributed by atoms with Crippen molar-refractivity contribution in [3.05, 3.63) is 47.4 Å². The number of benzene rings is 2. The normalized spacial score (nSPS) is 14.5. The van der Waals surface area contributed by atoms with Crippen LogP contribution >= 0.6 is 0 Å². The number of nitrogens with zero attached hydrogens (tertiary/aromatic N) is 1. The summed E-state index contributed by atoms with van der Waals surface area (Å²) in [5.41, 5.74) is -5.71. The summed E-state index contributed by atoms with van der Waals surface area (Å²) in [6.45, 7) is 0. The van der Waals surface area contributed by atoms with Crippen LogP contribution in [0.5, 0.6) is 11.5 Å². The lowest BCUT2D eigenvalue weighted by Gasteiger charge is -2.15. The number of rotatable bonds is 3. The van der Waals surface area contributed by atoms with E-state index in [2.05, 4.69) is 10.2 Å². The lowest BCUT2D eigenvalue weighted by Crippen LogP contribution is -2.25. The number of hydrogen-bond acceptors (Lipinski definition) is 5. The Kier molecular flexibility index (Phi) is 3.96. The Bertz CT molecular complexity index is 1230. The molecule has 2 aromatic carbocycles. The Hall–Kier alpha value is -2.95. The predicted molar refractivity (Wildman–Crippen MR) is 88.5 cm³/mol. The molecule has 0 bridgehead atoms. The molecule has 0 unspecified atom stereocenters. The lowest BCUT2D eigenvalue weighted by molar-refractivity contribution is -0.0436. The first-order valence-corrected chi connectivity index (χ1v) is 9.39. The molecule has 0 saturated heterocycles. The van der Waals surface area contributed by atoms with Crippen molar-refractivity contribution in [1.82, 2.24) is 10.2 Å². The molecule has 0 spiro atoms. The number of nitrogens with one attached hydrogen (secondary N) is 1. The van der Waals surface area contributed by atoms with Gasteiger partial charge < -0.3 is 4.74 Å². The minimum absolute atomic E-state index is 0.00849. The summed E-state index contributed by atoms with van der Waals surface area (Å²) < 4.78 is 82.0. The topological polar surface area (TPSA) is 89.1 Å². The Morgan fingerprint density at radius 3 is 2.57 bits per heavy atom. The molecule has 28 heavy (non-hydrogen) atoms. The smallest absolute Gasteiger partial charge is 0.456 e. The number of sulfone groups is 1. The van der Waals surface area contributed by atoms with E-state index in [0.717, 1.165) is 12.1 Å². The van der Waals surface area contributed by atoms with Gasteiger partial charge in [-0.1, -0.05) is 0 Å². The largest absolute Gasteiger partial charge is 0.501 e. The summed E-state index contributed by atoms with van der Waals surface area (Å²) in [4.78, 5) is 11.0. The zero-order chi connectivity index (χ0) is 20.3. The minimum Gasteiger partial charge on any atom is -0.456 e. The number of fused-ring (bicyclic) bond motifs is 2. The maximum atomic E-state index is 13.8. The number of ether oxygens (including phenoxy) is 1. The van der Waals surface area contributed by atoms with Gasteiger partial charge in [-0.25, -0.2) is 12.8 Å². The van der Waals surface area contributed by atoms with Gasteiger partial charge in [0, 0.05) is 23.6 Å². The molecule has 0 fully saturated rings. The van der Waals surface area contributed by atoms with E-state index in [1.807, 2.05) is 0 Å². The number of aromatic amines is 1. The van der Waals surface area contributed by atoms with E-state index in [-0.39, 0.29) is 29.9 Å². The molecule has 1 heterocycles. The zero-order valence-corrected chi connectivity index (χ0v) is 14.6. The van der Waals surface area contributed by atoms with Crippen molar-refractivity contribution in [3.8, 4) is 11.5 Å². The third-order valence-corrected chi connectivity index (χ3v) is 5.94. The molecule has 6 nitrogen and oxygen atoms in total. The van der Waals surface area contributed by atoms with Gasteiger partial charge in [0.05, 0.1) is 22.0 Å². The third-order valence-electron chi connectivity index (χ3n) is 4.41. The SMILES string of the molecule is O=C1CCc2c(Oc3cc(F)cc4[nH]ncc34)ccc(S(=O)(=O)C(F)(F)F)c21. The monoisotopic (exact) mass is 414 g/mol. The number of ketones is 1. The van der Waals surface area contributed by atoms with E-state index in [1.165, 1.54) is 12.3 Å². The Morgan fingerprint density at radius 1 is 1.11 bits per heavy atom. The van der Waals surface area contributed by atoms with Gasteiger partial charge in [0.15, 0.2) is 5.78 Å². The number of carbonyl (C=O) groups excluding carboxylic acids is 1. The summed E-state index contributed by atoms with van der Waals surface area (Å²) in [6, 6.07) is 3.96. The molecule has 3 aromatic rings. The highest BCUT2D eigenvalue weighted by Gasteiger charge is 2.49. The second kappa shape index (κ2) is 6.03. The molecule has 0 amide bonds. The van der Waals surface area contributed by atoms with Crippen LogP contribution in [0.25, 0.3) is 10.9 Å². The van der Waals surface area contributed by atoms with Crippen molar-refractivity contribution < 1.29 is 35.5 Å². The van der Waals surface area contributed by atoms with Crippen LogP contribution < -0.4 is 4.74 Å². The fourth-order valence-electron chi connectivity index (χ4n) is 3.16. The van der Waals surface area contributed by atoms with Crippen LogP contribution in [0.15, 0.2) is 35.4 Å². The number of aromatic nitrogens is 2. The molecule has 1 aliphatic carbocycles. The average molecular weight is 414 g/mol. The Morgan fingerprint density at radius 2 is 1.86 bits per heavy atom. The van der Waals surface area contributed by atoms with Gasteiger partial charge >= 0.3 is 5.51 Å². The molecular weight excluding hydrogens is 404 g/mol. The molecule has 0 saturated carbocycles. The average Bonchev–Trinajstić information content (AvgIpc) is 3.21. The molecule has 4 rings (SSSR count). The fourth-order valence-corrected chi connectivity index (χ4v) is 4.16. The van der Waals surface area contributed by atoms with Gasteiger partial charge in [-0.2, -0.15) is 18.3 Å². The maximum absolute atomic E-state index is 13.8. The number of H-pyrrole nitrogens is 1. The number of Topliss-reactive ketones (excluding diaryl/α,β-unsaturated/α-hetero) is 1. The highest BCUT2D eigenvalue weighted by atomic mass is 32.2. The van der Waals surface area contributed by atoms with E-state index >= 15 is 0 Å². The molecule has 11 heteroatoms. The van der Waals surface area contributed by atoms with Gasteiger partial charge in [-0.15, -0.1) is 0 Å². The first-order chi connectivity index (χ1) is 13.1. The Balaban J connectivity index is 1.87. The number of carbonyl (C=O) groups is 1. The van der Waals surface area contributed by atoms with Crippen LogP contribution in [0, 0.1) is 5.82 Å². The molecule has 146 valence electrons. The number of alkyl halides is 3. The van der Waals surface area contributed by atoms with Gasteiger partial charge in [-0.05, 0) is 24.6 Å². The van der Waals surface area contributed by atoms with Gasteiger partial charge in [-0.3, -0.25) is 9.89 Å². The van der Waals surface area contributed by atoms with Crippen LogP contribution in [0.3, 0.4) is 0 Å². The Labute approximate surface area is 155 Å².